The molecule has 0 saturated carbocycles. The number of nitrogens with zero attached hydrogens (tertiary/aromatic N) is 2. The summed E-state index contributed by atoms with van der Waals surface area (Å²) in [6.45, 7) is 12.8. The molecule has 0 unspecified atom stereocenters. The van der Waals surface area contributed by atoms with Crippen LogP contribution in [0.3, 0.4) is 0 Å². The summed E-state index contributed by atoms with van der Waals surface area (Å²) in [4.78, 5) is 25.1. The Morgan fingerprint density at radius 3 is 1.45 bits per heavy atom. The third-order valence-electron chi connectivity index (χ3n) is 2.57. The summed E-state index contributed by atoms with van der Waals surface area (Å²) in [6, 6.07) is 0. The molecule has 0 aliphatic heterocycles. The van der Waals surface area contributed by atoms with Crippen LogP contribution in [0.25, 0.3) is 0 Å². The predicted octanol–water partition coefficient (Wildman–Crippen LogP) is 1.00. The number of amides is 2. The van der Waals surface area contributed by atoms with E-state index in [0.29, 0.717) is 39.5 Å². The minimum Gasteiger partial charge on any atom is -0.377 e. The van der Waals surface area contributed by atoms with Crippen LogP contribution in [-0.2, 0) is 19.1 Å². The first-order valence-corrected chi connectivity index (χ1v) is 6.48. The largest absolute Gasteiger partial charge is 0.377 e. The van der Waals surface area contributed by atoms with E-state index in [1.54, 1.807) is 0 Å². The summed E-state index contributed by atoms with van der Waals surface area (Å²) in [7, 11) is 0. The van der Waals surface area contributed by atoms with Crippen molar-refractivity contribution in [1.29, 1.82) is 0 Å². The maximum absolute atomic E-state index is 11.1. The molecular weight excluding hydrogens is 260 g/mol. The lowest BCUT2D eigenvalue weighted by molar-refractivity contribution is -0.128. The van der Waals surface area contributed by atoms with Gasteiger partial charge in [0.25, 0.3) is 0 Å². The standard InChI is InChI=1S/C14H24N2O4/c1-5-15(13(3)17)7-9-19-11-12-20-10-8-16(6-2)14(4)18/h5-6H,1-2,7-12H2,3-4H3. The maximum Gasteiger partial charge on any atom is 0.223 e. The Bertz CT molecular complexity index is 299. The van der Waals surface area contributed by atoms with E-state index in [1.165, 1.54) is 36.0 Å². The van der Waals surface area contributed by atoms with E-state index >= 15 is 0 Å². The van der Waals surface area contributed by atoms with E-state index in [2.05, 4.69) is 13.2 Å². The van der Waals surface area contributed by atoms with E-state index in [9.17, 15) is 9.59 Å². The number of carbonyl (C=O) groups excluding carboxylic acids is 2. The van der Waals surface area contributed by atoms with Crippen LogP contribution in [0.1, 0.15) is 13.8 Å². The van der Waals surface area contributed by atoms with Gasteiger partial charge in [-0.1, -0.05) is 13.2 Å². The van der Waals surface area contributed by atoms with Crippen molar-refractivity contribution >= 4 is 11.8 Å². The Kier molecular flexibility index (Phi) is 10.3. The number of rotatable bonds is 11. The Morgan fingerprint density at radius 2 is 1.20 bits per heavy atom. The fourth-order valence-corrected chi connectivity index (χ4v) is 1.40. The van der Waals surface area contributed by atoms with Gasteiger partial charge >= 0.3 is 0 Å². The van der Waals surface area contributed by atoms with E-state index in [1.807, 2.05) is 0 Å². The molecule has 0 aromatic rings. The quantitative estimate of drug-likeness (QED) is 0.531. The van der Waals surface area contributed by atoms with Crippen molar-refractivity contribution in [1.82, 2.24) is 9.80 Å². The molecule has 0 radical (unpaired) electrons. The SMILES string of the molecule is C=CN(CCOCCOCCN(C=C)C(C)=O)C(C)=O. The minimum atomic E-state index is -0.0615. The molecule has 0 spiro atoms. The predicted molar refractivity (Wildman–Crippen MR) is 76.8 cm³/mol. The Labute approximate surface area is 120 Å². The highest BCUT2D eigenvalue weighted by atomic mass is 16.5. The molecule has 6 nitrogen and oxygen atoms in total. The van der Waals surface area contributed by atoms with Crippen molar-refractivity contribution in [2.45, 2.75) is 13.8 Å². The van der Waals surface area contributed by atoms with E-state index < -0.39 is 0 Å². The fraction of sp³-hybridized carbons (Fsp3) is 0.571. The van der Waals surface area contributed by atoms with E-state index in [4.69, 9.17) is 9.47 Å². The Morgan fingerprint density at radius 1 is 0.850 bits per heavy atom. The zero-order valence-corrected chi connectivity index (χ0v) is 12.3. The summed E-state index contributed by atoms with van der Waals surface area (Å²) in [5.74, 6) is -0.123. The molecule has 0 aromatic carbocycles. The third-order valence-corrected chi connectivity index (χ3v) is 2.57. The molecule has 6 heteroatoms. The van der Waals surface area contributed by atoms with Crippen molar-refractivity contribution in [2.75, 3.05) is 39.5 Å². The van der Waals surface area contributed by atoms with Gasteiger partial charge in [-0.2, -0.15) is 0 Å². The first-order chi connectivity index (χ1) is 9.52. The average molecular weight is 284 g/mol. The lowest BCUT2D eigenvalue weighted by Gasteiger charge is -2.16. The van der Waals surface area contributed by atoms with Crippen LogP contribution in [0.15, 0.2) is 25.6 Å². The maximum atomic E-state index is 11.1. The highest BCUT2D eigenvalue weighted by molar-refractivity contribution is 5.74. The molecule has 0 fully saturated rings. The van der Waals surface area contributed by atoms with Crippen LogP contribution in [0, 0.1) is 0 Å². The third kappa shape index (κ3) is 8.44. The molecule has 0 heterocycles. The van der Waals surface area contributed by atoms with Gasteiger partial charge in [0.2, 0.25) is 11.8 Å². The summed E-state index contributed by atoms with van der Waals surface area (Å²) in [6.07, 6.45) is 2.96. The van der Waals surface area contributed by atoms with Crippen LogP contribution >= 0.6 is 0 Å². The van der Waals surface area contributed by atoms with Crippen molar-refractivity contribution in [3.8, 4) is 0 Å². The number of carbonyl (C=O) groups is 2. The highest BCUT2D eigenvalue weighted by Gasteiger charge is 2.04. The summed E-state index contributed by atoms with van der Waals surface area (Å²) in [5, 5.41) is 0. The van der Waals surface area contributed by atoms with Crippen LogP contribution in [0.2, 0.25) is 0 Å². The van der Waals surface area contributed by atoms with Gasteiger partial charge in [0.1, 0.15) is 0 Å². The fourth-order valence-electron chi connectivity index (χ4n) is 1.40. The highest BCUT2D eigenvalue weighted by Crippen LogP contribution is 1.92. The van der Waals surface area contributed by atoms with Crippen LogP contribution in [-0.4, -0.2) is 61.1 Å². The molecule has 20 heavy (non-hydrogen) atoms. The molecule has 0 rings (SSSR count). The topological polar surface area (TPSA) is 59.1 Å². The zero-order chi connectivity index (χ0) is 15.4. The van der Waals surface area contributed by atoms with E-state index in [-0.39, 0.29) is 11.8 Å². The molecule has 0 aliphatic carbocycles. The van der Waals surface area contributed by atoms with Gasteiger partial charge in [0.15, 0.2) is 0 Å². The normalized spacial score (nSPS) is 9.90. The second kappa shape index (κ2) is 11.2. The molecule has 0 bridgehead atoms. The molecule has 0 atom stereocenters. The van der Waals surface area contributed by atoms with Gasteiger partial charge in [-0.3, -0.25) is 9.59 Å². The van der Waals surface area contributed by atoms with Crippen LogP contribution < -0.4 is 0 Å². The zero-order valence-electron chi connectivity index (χ0n) is 12.3. The molecule has 0 aromatic heterocycles. The van der Waals surface area contributed by atoms with Gasteiger partial charge in [-0.25, -0.2) is 0 Å². The van der Waals surface area contributed by atoms with Gasteiger partial charge < -0.3 is 19.3 Å². The number of hydrogen-bond donors (Lipinski definition) is 0. The van der Waals surface area contributed by atoms with Gasteiger partial charge in [0, 0.05) is 26.9 Å². The molecular formula is C14H24N2O4. The summed E-state index contributed by atoms with van der Waals surface area (Å²) >= 11 is 0. The molecule has 0 saturated heterocycles. The number of ether oxygens (including phenoxy) is 2. The van der Waals surface area contributed by atoms with Gasteiger partial charge in [0.05, 0.1) is 26.4 Å². The smallest absolute Gasteiger partial charge is 0.223 e. The summed E-state index contributed by atoms with van der Waals surface area (Å²) < 4.78 is 10.7. The van der Waals surface area contributed by atoms with Crippen molar-refractivity contribution in [3.05, 3.63) is 25.6 Å². The second-order valence-corrected chi connectivity index (χ2v) is 4.01. The van der Waals surface area contributed by atoms with Gasteiger partial charge in [-0.05, 0) is 12.4 Å². The monoisotopic (exact) mass is 284 g/mol. The van der Waals surface area contributed by atoms with Crippen LogP contribution in [0.5, 0.6) is 0 Å². The minimum absolute atomic E-state index is 0.0615. The van der Waals surface area contributed by atoms with Crippen molar-refractivity contribution in [2.24, 2.45) is 0 Å². The van der Waals surface area contributed by atoms with Crippen LogP contribution in [0.4, 0.5) is 0 Å². The lowest BCUT2D eigenvalue weighted by Crippen LogP contribution is -2.28. The molecule has 0 N–H and O–H groups in total. The van der Waals surface area contributed by atoms with Crippen molar-refractivity contribution < 1.29 is 19.1 Å². The average Bonchev–Trinajstić information content (AvgIpc) is 2.40. The second-order valence-electron chi connectivity index (χ2n) is 4.01. The molecule has 114 valence electrons. The number of hydrogen-bond acceptors (Lipinski definition) is 4. The Hall–Kier alpha value is -1.66. The van der Waals surface area contributed by atoms with Gasteiger partial charge in [-0.15, -0.1) is 0 Å². The Balaban J connectivity index is 3.49. The lowest BCUT2D eigenvalue weighted by atomic mass is 10.5. The molecule has 2 amide bonds. The first kappa shape index (κ1) is 18.3. The summed E-state index contributed by atoms with van der Waals surface area (Å²) in [5.41, 5.74) is 0. The van der Waals surface area contributed by atoms with Crippen molar-refractivity contribution in [3.63, 3.8) is 0 Å². The molecule has 0 aliphatic rings. The van der Waals surface area contributed by atoms with E-state index in [0.717, 1.165) is 0 Å². The first-order valence-electron chi connectivity index (χ1n) is 6.48.